The van der Waals surface area contributed by atoms with E-state index in [2.05, 4.69) is 17.1 Å². The van der Waals surface area contributed by atoms with Crippen LogP contribution in [0.2, 0.25) is 0 Å². The largest absolute Gasteiger partial charge is 0.336 e. The third-order valence-electron chi connectivity index (χ3n) is 4.95. The van der Waals surface area contributed by atoms with Gasteiger partial charge in [-0.1, -0.05) is 11.2 Å². The predicted molar refractivity (Wildman–Crippen MR) is 99.5 cm³/mol. The highest BCUT2D eigenvalue weighted by Crippen LogP contribution is 2.25. The average Bonchev–Trinajstić information content (AvgIpc) is 3.19. The molecule has 1 amide bonds. The molecule has 1 aliphatic rings. The number of carbonyl (C=O) groups is 1. The van der Waals surface area contributed by atoms with Crippen molar-refractivity contribution >= 4 is 5.91 Å². The summed E-state index contributed by atoms with van der Waals surface area (Å²) in [6, 6.07) is 13.4. The van der Waals surface area contributed by atoms with E-state index in [1.54, 1.807) is 18.2 Å². The fourth-order valence-corrected chi connectivity index (χ4v) is 3.41. The molecule has 3 aromatic rings. The molecule has 0 spiro atoms. The van der Waals surface area contributed by atoms with E-state index < -0.39 is 0 Å². The Labute approximate surface area is 156 Å². The van der Waals surface area contributed by atoms with Crippen LogP contribution in [0.3, 0.4) is 0 Å². The molecule has 2 heterocycles. The van der Waals surface area contributed by atoms with Gasteiger partial charge in [0.25, 0.3) is 11.8 Å². The Morgan fingerprint density at radius 2 is 1.96 bits per heavy atom. The van der Waals surface area contributed by atoms with Crippen molar-refractivity contribution < 1.29 is 13.7 Å². The molecule has 0 aliphatic carbocycles. The molecule has 4 rings (SSSR count). The van der Waals surface area contributed by atoms with E-state index in [0.717, 1.165) is 19.4 Å². The highest BCUT2D eigenvalue weighted by atomic mass is 19.1. The highest BCUT2D eigenvalue weighted by molar-refractivity contribution is 5.95. The molecule has 0 saturated carbocycles. The first kappa shape index (κ1) is 17.4. The number of carbonyl (C=O) groups excluding carboxylic acids is 1. The number of piperidine rings is 1. The zero-order valence-corrected chi connectivity index (χ0v) is 15.1. The summed E-state index contributed by atoms with van der Waals surface area (Å²) in [5.41, 5.74) is 1.97. The standard InChI is InChI=1S/C21H20FN3O2/c1-14-5-2-3-12-25(14)21(26)17-7-4-6-16(13-17)20-23-19(24-27-20)15-8-10-18(22)11-9-15/h4,6-11,13-14H,2-3,5,12H2,1H3/t14-/m0/s1. The van der Waals surface area contributed by atoms with E-state index in [4.69, 9.17) is 4.52 Å². The number of hydrogen-bond acceptors (Lipinski definition) is 4. The summed E-state index contributed by atoms with van der Waals surface area (Å²) in [5, 5.41) is 3.97. The summed E-state index contributed by atoms with van der Waals surface area (Å²) in [6.45, 7) is 2.88. The van der Waals surface area contributed by atoms with Gasteiger partial charge in [0.15, 0.2) is 0 Å². The number of benzene rings is 2. The summed E-state index contributed by atoms with van der Waals surface area (Å²) < 4.78 is 18.4. The Morgan fingerprint density at radius 1 is 1.15 bits per heavy atom. The third kappa shape index (κ3) is 3.60. The van der Waals surface area contributed by atoms with Crippen LogP contribution < -0.4 is 0 Å². The maximum atomic E-state index is 13.1. The average molecular weight is 365 g/mol. The second kappa shape index (κ2) is 7.31. The molecule has 0 bridgehead atoms. The monoisotopic (exact) mass is 365 g/mol. The lowest BCUT2D eigenvalue weighted by Gasteiger charge is -2.33. The van der Waals surface area contributed by atoms with Crippen LogP contribution in [0.25, 0.3) is 22.8 Å². The van der Waals surface area contributed by atoms with Crippen molar-refractivity contribution in [3.05, 3.63) is 59.9 Å². The molecule has 27 heavy (non-hydrogen) atoms. The Bertz CT molecular complexity index is 952. The van der Waals surface area contributed by atoms with Crippen LogP contribution in [0.4, 0.5) is 4.39 Å². The minimum absolute atomic E-state index is 0.0299. The Balaban J connectivity index is 1.59. The third-order valence-corrected chi connectivity index (χ3v) is 4.95. The summed E-state index contributed by atoms with van der Waals surface area (Å²) >= 11 is 0. The lowest BCUT2D eigenvalue weighted by molar-refractivity contribution is 0.0635. The quantitative estimate of drug-likeness (QED) is 0.683. The van der Waals surface area contributed by atoms with Crippen LogP contribution in [-0.4, -0.2) is 33.5 Å². The molecule has 1 saturated heterocycles. The first-order chi connectivity index (χ1) is 13.1. The van der Waals surface area contributed by atoms with Gasteiger partial charge >= 0.3 is 0 Å². The summed E-state index contributed by atoms with van der Waals surface area (Å²) in [4.78, 5) is 19.2. The van der Waals surface area contributed by atoms with Gasteiger partial charge in [0.1, 0.15) is 5.82 Å². The molecule has 5 nitrogen and oxygen atoms in total. The van der Waals surface area contributed by atoms with Crippen LogP contribution in [0.5, 0.6) is 0 Å². The van der Waals surface area contributed by atoms with Crippen molar-refractivity contribution in [1.29, 1.82) is 0 Å². The van der Waals surface area contributed by atoms with Gasteiger partial charge in [0.05, 0.1) is 0 Å². The van der Waals surface area contributed by atoms with Gasteiger partial charge in [0, 0.05) is 29.3 Å². The Morgan fingerprint density at radius 3 is 2.74 bits per heavy atom. The van der Waals surface area contributed by atoms with Crippen molar-refractivity contribution in [2.45, 2.75) is 32.2 Å². The minimum atomic E-state index is -0.319. The molecule has 0 unspecified atom stereocenters. The van der Waals surface area contributed by atoms with E-state index in [0.29, 0.717) is 28.4 Å². The van der Waals surface area contributed by atoms with Crippen LogP contribution in [-0.2, 0) is 0 Å². The number of halogens is 1. The van der Waals surface area contributed by atoms with E-state index in [9.17, 15) is 9.18 Å². The Hall–Kier alpha value is -3.02. The Kier molecular flexibility index (Phi) is 4.71. The zero-order valence-electron chi connectivity index (χ0n) is 15.1. The first-order valence-corrected chi connectivity index (χ1v) is 9.13. The molecule has 1 fully saturated rings. The summed E-state index contributed by atoms with van der Waals surface area (Å²) in [7, 11) is 0. The minimum Gasteiger partial charge on any atom is -0.336 e. The van der Waals surface area contributed by atoms with Crippen LogP contribution >= 0.6 is 0 Å². The normalized spacial score (nSPS) is 17.1. The van der Waals surface area contributed by atoms with Crippen molar-refractivity contribution in [3.63, 3.8) is 0 Å². The van der Waals surface area contributed by atoms with Crippen LogP contribution in [0.15, 0.2) is 53.1 Å². The fraction of sp³-hybridized carbons (Fsp3) is 0.286. The first-order valence-electron chi connectivity index (χ1n) is 9.13. The predicted octanol–water partition coefficient (Wildman–Crippen LogP) is 4.56. The van der Waals surface area contributed by atoms with E-state index in [1.165, 1.54) is 18.6 Å². The molecule has 1 atom stereocenters. The highest BCUT2D eigenvalue weighted by Gasteiger charge is 2.24. The molecule has 0 radical (unpaired) electrons. The number of nitrogens with zero attached hydrogens (tertiary/aromatic N) is 3. The van der Waals surface area contributed by atoms with Crippen LogP contribution in [0, 0.1) is 5.82 Å². The molecular formula is C21H20FN3O2. The maximum Gasteiger partial charge on any atom is 0.258 e. The summed E-state index contributed by atoms with van der Waals surface area (Å²) in [5.74, 6) is 0.421. The molecule has 1 aliphatic heterocycles. The molecule has 0 N–H and O–H groups in total. The second-order valence-corrected chi connectivity index (χ2v) is 6.85. The fourth-order valence-electron chi connectivity index (χ4n) is 3.41. The molecular weight excluding hydrogens is 345 g/mol. The molecule has 6 heteroatoms. The lowest BCUT2D eigenvalue weighted by Crippen LogP contribution is -2.42. The van der Waals surface area contributed by atoms with Gasteiger partial charge in [-0.3, -0.25) is 4.79 Å². The number of hydrogen-bond donors (Lipinski definition) is 0. The maximum absolute atomic E-state index is 13.1. The zero-order chi connectivity index (χ0) is 18.8. The van der Waals surface area contributed by atoms with Crippen molar-refractivity contribution in [3.8, 4) is 22.8 Å². The van der Waals surface area contributed by atoms with Crippen molar-refractivity contribution in [1.82, 2.24) is 15.0 Å². The number of aromatic nitrogens is 2. The lowest BCUT2D eigenvalue weighted by atomic mass is 10.0. The molecule has 138 valence electrons. The van der Waals surface area contributed by atoms with Gasteiger partial charge < -0.3 is 9.42 Å². The van der Waals surface area contributed by atoms with Crippen LogP contribution in [0.1, 0.15) is 36.5 Å². The van der Waals surface area contributed by atoms with Gasteiger partial charge in [-0.25, -0.2) is 4.39 Å². The van der Waals surface area contributed by atoms with Gasteiger partial charge in [-0.15, -0.1) is 0 Å². The van der Waals surface area contributed by atoms with Gasteiger partial charge in [0.2, 0.25) is 5.82 Å². The van der Waals surface area contributed by atoms with E-state index in [1.807, 2.05) is 23.1 Å². The topological polar surface area (TPSA) is 59.2 Å². The SMILES string of the molecule is C[C@H]1CCCCN1C(=O)c1cccc(-c2nc(-c3ccc(F)cc3)no2)c1. The number of amides is 1. The molecule has 1 aromatic heterocycles. The van der Waals surface area contributed by atoms with E-state index >= 15 is 0 Å². The van der Waals surface area contributed by atoms with Gasteiger partial charge in [-0.2, -0.15) is 4.98 Å². The van der Waals surface area contributed by atoms with E-state index in [-0.39, 0.29) is 17.8 Å². The second-order valence-electron chi connectivity index (χ2n) is 6.85. The number of rotatable bonds is 3. The van der Waals surface area contributed by atoms with Gasteiger partial charge in [-0.05, 0) is 68.7 Å². The smallest absolute Gasteiger partial charge is 0.258 e. The summed E-state index contributed by atoms with van der Waals surface area (Å²) in [6.07, 6.45) is 3.25. The van der Waals surface area contributed by atoms with Crippen molar-refractivity contribution in [2.75, 3.05) is 6.54 Å². The molecule has 2 aromatic carbocycles. The number of likely N-dealkylation sites (tertiary alicyclic amines) is 1. The van der Waals surface area contributed by atoms with Crippen molar-refractivity contribution in [2.24, 2.45) is 0 Å².